The van der Waals surface area contributed by atoms with Crippen LogP contribution in [0, 0.1) is 5.92 Å². The van der Waals surface area contributed by atoms with Gasteiger partial charge in [-0.1, -0.05) is 32.1 Å². The van der Waals surface area contributed by atoms with Crippen molar-refractivity contribution < 1.29 is 27.8 Å². The molecule has 1 unspecified atom stereocenters. The third kappa shape index (κ3) is 5.25. The van der Waals surface area contributed by atoms with Crippen LogP contribution in [0.15, 0.2) is 0 Å². The number of carbonyl (C=O) groups is 1. The van der Waals surface area contributed by atoms with Crippen molar-refractivity contribution in [3.8, 4) is 0 Å². The van der Waals surface area contributed by atoms with Crippen LogP contribution in [0.2, 0.25) is 0 Å². The summed E-state index contributed by atoms with van der Waals surface area (Å²) < 4.78 is 42.4. The standard InChI is InChI=1S/C12H19F3O3/c13-12(14,15)10(11(16)17)8-18-9-6-4-2-1-3-5-7-9/h9-10H,1-8H2,(H,16,17). The van der Waals surface area contributed by atoms with E-state index < -0.39 is 24.7 Å². The lowest BCUT2D eigenvalue weighted by Gasteiger charge is -2.23. The monoisotopic (exact) mass is 268 g/mol. The molecule has 0 bridgehead atoms. The summed E-state index contributed by atoms with van der Waals surface area (Å²) in [6.45, 7) is -0.774. The number of carboxylic acids is 1. The highest BCUT2D eigenvalue weighted by atomic mass is 19.4. The zero-order valence-electron chi connectivity index (χ0n) is 10.2. The maximum absolute atomic E-state index is 12.4. The molecule has 0 spiro atoms. The molecule has 0 aromatic carbocycles. The highest BCUT2D eigenvalue weighted by Gasteiger charge is 2.45. The normalized spacial score (nSPS) is 21.1. The molecule has 0 radical (unpaired) electrons. The van der Waals surface area contributed by atoms with Crippen LogP contribution in [0.3, 0.4) is 0 Å². The van der Waals surface area contributed by atoms with Crippen LogP contribution in [0.4, 0.5) is 13.2 Å². The summed E-state index contributed by atoms with van der Waals surface area (Å²) in [5.74, 6) is -4.28. The fourth-order valence-electron chi connectivity index (χ4n) is 2.12. The van der Waals surface area contributed by atoms with Crippen molar-refractivity contribution >= 4 is 5.97 Å². The van der Waals surface area contributed by atoms with E-state index in [2.05, 4.69) is 0 Å². The van der Waals surface area contributed by atoms with Gasteiger partial charge in [0.2, 0.25) is 0 Å². The fourth-order valence-corrected chi connectivity index (χ4v) is 2.12. The first-order valence-corrected chi connectivity index (χ1v) is 6.32. The summed E-state index contributed by atoms with van der Waals surface area (Å²) in [6, 6.07) is 0. The Balaban J connectivity index is 2.42. The molecule has 1 aliphatic rings. The summed E-state index contributed by atoms with van der Waals surface area (Å²) >= 11 is 0. The second-order valence-electron chi connectivity index (χ2n) is 4.73. The number of hydrogen-bond acceptors (Lipinski definition) is 2. The molecule has 1 saturated carbocycles. The molecule has 0 saturated heterocycles. The van der Waals surface area contributed by atoms with Gasteiger partial charge in [0, 0.05) is 0 Å². The summed E-state index contributed by atoms with van der Waals surface area (Å²) in [5.41, 5.74) is 0. The maximum atomic E-state index is 12.4. The van der Waals surface area contributed by atoms with Crippen molar-refractivity contribution in [2.75, 3.05) is 6.61 Å². The molecule has 106 valence electrons. The van der Waals surface area contributed by atoms with Crippen LogP contribution in [0.1, 0.15) is 44.9 Å². The van der Waals surface area contributed by atoms with Crippen LogP contribution in [-0.4, -0.2) is 30.0 Å². The van der Waals surface area contributed by atoms with Gasteiger partial charge in [-0.2, -0.15) is 13.2 Å². The number of aliphatic carboxylic acids is 1. The van der Waals surface area contributed by atoms with E-state index in [0.717, 1.165) is 44.9 Å². The Hall–Kier alpha value is -0.780. The maximum Gasteiger partial charge on any atom is 0.404 e. The lowest BCUT2D eigenvalue weighted by molar-refractivity contribution is -0.206. The van der Waals surface area contributed by atoms with Crippen LogP contribution in [-0.2, 0) is 9.53 Å². The Morgan fingerprint density at radius 3 is 2.11 bits per heavy atom. The van der Waals surface area contributed by atoms with E-state index >= 15 is 0 Å². The minimum Gasteiger partial charge on any atom is -0.481 e. The zero-order chi connectivity index (χ0) is 13.6. The Labute approximate surface area is 104 Å². The first kappa shape index (κ1) is 15.3. The third-order valence-electron chi connectivity index (χ3n) is 3.24. The van der Waals surface area contributed by atoms with Gasteiger partial charge in [-0.25, -0.2) is 0 Å². The summed E-state index contributed by atoms with van der Waals surface area (Å²) in [5, 5.41) is 8.54. The zero-order valence-corrected chi connectivity index (χ0v) is 10.2. The summed E-state index contributed by atoms with van der Waals surface area (Å²) in [4.78, 5) is 10.5. The molecule has 1 atom stereocenters. The van der Waals surface area contributed by atoms with Gasteiger partial charge in [-0.05, 0) is 12.8 Å². The molecule has 0 aromatic heterocycles. The number of hydrogen-bond donors (Lipinski definition) is 1. The Morgan fingerprint density at radius 2 is 1.67 bits per heavy atom. The van der Waals surface area contributed by atoms with E-state index in [1.807, 2.05) is 0 Å². The molecule has 0 heterocycles. The predicted molar refractivity (Wildman–Crippen MR) is 59.2 cm³/mol. The molecular weight excluding hydrogens is 249 g/mol. The Kier molecular flexibility index (Phi) is 5.91. The average molecular weight is 268 g/mol. The molecular formula is C12H19F3O3. The van der Waals surface area contributed by atoms with Crippen LogP contribution in [0.5, 0.6) is 0 Å². The van der Waals surface area contributed by atoms with Crippen LogP contribution >= 0.6 is 0 Å². The van der Waals surface area contributed by atoms with Crippen molar-refractivity contribution in [1.82, 2.24) is 0 Å². The summed E-state index contributed by atoms with van der Waals surface area (Å²) in [7, 11) is 0. The van der Waals surface area contributed by atoms with Crippen molar-refractivity contribution in [2.45, 2.75) is 57.2 Å². The van der Waals surface area contributed by atoms with Crippen LogP contribution < -0.4 is 0 Å². The van der Waals surface area contributed by atoms with Crippen molar-refractivity contribution in [2.24, 2.45) is 5.92 Å². The number of rotatable bonds is 4. The molecule has 3 nitrogen and oxygen atoms in total. The van der Waals surface area contributed by atoms with Crippen molar-refractivity contribution in [3.05, 3.63) is 0 Å². The van der Waals surface area contributed by atoms with Gasteiger partial charge >= 0.3 is 12.1 Å². The number of ether oxygens (including phenoxy) is 1. The Bertz CT molecular complexity index is 258. The molecule has 1 N–H and O–H groups in total. The third-order valence-corrected chi connectivity index (χ3v) is 3.24. The average Bonchev–Trinajstić information content (AvgIpc) is 2.18. The largest absolute Gasteiger partial charge is 0.481 e. The minimum atomic E-state index is -4.74. The summed E-state index contributed by atoms with van der Waals surface area (Å²) in [6.07, 6.45) is 1.66. The van der Waals surface area contributed by atoms with E-state index in [1.165, 1.54) is 0 Å². The first-order chi connectivity index (χ1) is 8.41. The SMILES string of the molecule is O=C(O)C(COC1CCCCCCC1)C(F)(F)F. The lowest BCUT2D eigenvalue weighted by atomic mass is 9.98. The highest BCUT2D eigenvalue weighted by Crippen LogP contribution is 2.28. The minimum absolute atomic E-state index is 0.227. The predicted octanol–water partition coefficient (Wildman–Crippen LogP) is 3.38. The van der Waals surface area contributed by atoms with E-state index in [4.69, 9.17) is 9.84 Å². The van der Waals surface area contributed by atoms with Gasteiger partial charge in [-0.15, -0.1) is 0 Å². The molecule has 18 heavy (non-hydrogen) atoms. The van der Waals surface area contributed by atoms with Gasteiger partial charge in [0.1, 0.15) is 0 Å². The van der Waals surface area contributed by atoms with E-state index in [-0.39, 0.29) is 6.10 Å². The molecule has 0 aliphatic heterocycles. The molecule has 6 heteroatoms. The molecule has 1 fully saturated rings. The van der Waals surface area contributed by atoms with E-state index in [0.29, 0.717) is 0 Å². The smallest absolute Gasteiger partial charge is 0.404 e. The van der Waals surface area contributed by atoms with Gasteiger partial charge in [-0.3, -0.25) is 4.79 Å². The second kappa shape index (κ2) is 6.97. The molecule has 0 aromatic rings. The molecule has 0 amide bonds. The van der Waals surface area contributed by atoms with Crippen molar-refractivity contribution in [1.29, 1.82) is 0 Å². The van der Waals surface area contributed by atoms with Gasteiger partial charge < -0.3 is 9.84 Å². The lowest BCUT2D eigenvalue weighted by Crippen LogP contribution is -2.36. The van der Waals surface area contributed by atoms with Crippen molar-refractivity contribution in [3.63, 3.8) is 0 Å². The number of alkyl halides is 3. The quantitative estimate of drug-likeness (QED) is 0.850. The number of carboxylic acid groups (broad SMARTS) is 1. The van der Waals surface area contributed by atoms with E-state index in [1.54, 1.807) is 0 Å². The van der Waals surface area contributed by atoms with E-state index in [9.17, 15) is 18.0 Å². The number of halogens is 3. The molecule has 1 aliphatic carbocycles. The second-order valence-corrected chi connectivity index (χ2v) is 4.73. The topological polar surface area (TPSA) is 46.5 Å². The van der Waals surface area contributed by atoms with Gasteiger partial charge in [0.15, 0.2) is 5.92 Å². The van der Waals surface area contributed by atoms with Gasteiger partial charge in [0.05, 0.1) is 12.7 Å². The highest BCUT2D eigenvalue weighted by molar-refractivity contribution is 5.71. The Morgan fingerprint density at radius 1 is 1.17 bits per heavy atom. The van der Waals surface area contributed by atoms with Gasteiger partial charge in [0.25, 0.3) is 0 Å². The van der Waals surface area contributed by atoms with Crippen LogP contribution in [0.25, 0.3) is 0 Å². The fraction of sp³-hybridized carbons (Fsp3) is 0.917. The first-order valence-electron chi connectivity index (χ1n) is 6.32. The molecule has 1 rings (SSSR count).